The van der Waals surface area contributed by atoms with Gasteiger partial charge in [-0.05, 0) is 31.2 Å². The average molecular weight is 425 g/mol. The summed E-state index contributed by atoms with van der Waals surface area (Å²) in [4.78, 5) is 28.1. The molecule has 7 nitrogen and oxygen atoms in total. The van der Waals surface area contributed by atoms with Crippen LogP contribution in [0.1, 0.15) is 18.1 Å². The number of piperazine rings is 1. The fourth-order valence-corrected chi connectivity index (χ4v) is 4.01. The van der Waals surface area contributed by atoms with E-state index in [1.165, 1.54) is 0 Å². The van der Waals surface area contributed by atoms with Gasteiger partial charge in [0.2, 0.25) is 5.91 Å². The molecule has 8 heteroatoms. The number of fused-ring (bicyclic) bond motifs is 1. The van der Waals surface area contributed by atoms with Gasteiger partial charge in [0.25, 0.3) is 0 Å². The fraction of sp³-hybridized carbons (Fsp3) is 0.318. The number of amides is 1. The first kappa shape index (κ1) is 20.0. The van der Waals surface area contributed by atoms with Gasteiger partial charge in [-0.15, -0.1) is 0 Å². The predicted molar refractivity (Wildman–Crippen MR) is 114 cm³/mol. The lowest BCUT2D eigenvalue weighted by molar-refractivity contribution is -0.132. The summed E-state index contributed by atoms with van der Waals surface area (Å²) in [5, 5.41) is 12.8. The Morgan fingerprint density at radius 2 is 2.13 bits per heavy atom. The van der Waals surface area contributed by atoms with Crippen molar-refractivity contribution in [3.05, 3.63) is 52.5 Å². The maximum atomic E-state index is 12.7. The molecule has 1 saturated heterocycles. The predicted octanol–water partition coefficient (Wildman–Crippen LogP) is 2.82. The Labute approximate surface area is 179 Å². The third-order valence-electron chi connectivity index (χ3n) is 5.45. The minimum Gasteiger partial charge on any atom is -0.426 e. The maximum Gasteiger partial charge on any atom is 0.315 e. The number of hydrogen-bond acceptors (Lipinski definition) is 6. The van der Waals surface area contributed by atoms with Gasteiger partial charge >= 0.3 is 5.97 Å². The Morgan fingerprint density at radius 3 is 2.90 bits per heavy atom. The van der Waals surface area contributed by atoms with Crippen molar-refractivity contribution in [3.63, 3.8) is 0 Å². The molecule has 0 aromatic heterocycles. The van der Waals surface area contributed by atoms with Gasteiger partial charge in [0.1, 0.15) is 11.8 Å². The number of rotatable bonds is 4. The van der Waals surface area contributed by atoms with Gasteiger partial charge in [0.05, 0.1) is 23.6 Å². The van der Waals surface area contributed by atoms with E-state index in [1.807, 2.05) is 23.1 Å². The van der Waals surface area contributed by atoms with E-state index in [-0.39, 0.29) is 24.5 Å². The molecule has 1 N–H and O–H groups in total. The minimum atomic E-state index is -0.257. The van der Waals surface area contributed by atoms with Crippen molar-refractivity contribution in [2.45, 2.75) is 19.4 Å². The smallest absolute Gasteiger partial charge is 0.315 e. The van der Waals surface area contributed by atoms with Crippen molar-refractivity contribution in [1.82, 2.24) is 4.90 Å². The van der Waals surface area contributed by atoms with Crippen LogP contribution in [0.5, 0.6) is 5.75 Å². The van der Waals surface area contributed by atoms with E-state index in [4.69, 9.17) is 16.3 Å². The number of carbonyl (C=O) groups is 2. The molecule has 0 unspecified atom stereocenters. The van der Waals surface area contributed by atoms with Crippen molar-refractivity contribution >= 4 is 34.9 Å². The number of anilines is 2. The molecule has 2 aromatic carbocycles. The molecule has 154 valence electrons. The molecular formula is C22H21ClN4O3. The Hall–Kier alpha value is -3.24. The highest BCUT2D eigenvalue weighted by atomic mass is 35.5. The standard InChI is InChI=1S/C22H21ClN4O3/c1-14-13-26(6-7-27(14)18-4-5-19(23)16(8-18)11-24)21(28)12-25-17-3-2-15-9-22(29)30-20(15)10-17/h2-5,8,10,14,25H,6-7,9,12-13H2,1H3/t14-/m1/s1. The first-order chi connectivity index (χ1) is 14.4. The summed E-state index contributed by atoms with van der Waals surface area (Å²) in [5.41, 5.74) is 2.99. The number of carbonyl (C=O) groups excluding carboxylic acids is 2. The molecule has 0 spiro atoms. The zero-order valence-corrected chi connectivity index (χ0v) is 17.3. The molecule has 0 radical (unpaired) electrons. The zero-order valence-electron chi connectivity index (χ0n) is 16.5. The molecular weight excluding hydrogens is 404 g/mol. The zero-order chi connectivity index (χ0) is 21.3. The van der Waals surface area contributed by atoms with Gasteiger partial charge in [-0.1, -0.05) is 17.7 Å². The fourth-order valence-electron chi connectivity index (χ4n) is 3.85. The topological polar surface area (TPSA) is 85.7 Å². The molecule has 1 amide bonds. The van der Waals surface area contributed by atoms with E-state index in [0.717, 1.165) is 16.9 Å². The average Bonchev–Trinajstić information content (AvgIpc) is 3.11. The highest BCUT2D eigenvalue weighted by Crippen LogP contribution is 2.29. The normalized spacial score (nSPS) is 17.9. The van der Waals surface area contributed by atoms with Crippen LogP contribution < -0.4 is 15.0 Å². The molecule has 0 bridgehead atoms. The van der Waals surface area contributed by atoms with Crippen LogP contribution in [-0.2, 0) is 16.0 Å². The van der Waals surface area contributed by atoms with E-state index in [9.17, 15) is 14.9 Å². The molecule has 0 aliphatic carbocycles. The van der Waals surface area contributed by atoms with Gasteiger partial charge in [0, 0.05) is 48.7 Å². The van der Waals surface area contributed by atoms with Crippen molar-refractivity contribution < 1.29 is 14.3 Å². The lowest BCUT2D eigenvalue weighted by atomic mass is 10.1. The SMILES string of the molecule is C[C@@H]1CN(C(=O)CNc2ccc3c(c2)OC(=O)C3)CCN1c1ccc(Cl)c(C#N)c1. The van der Waals surface area contributed by atoms with Gasteiger partial charge in [-0.3, -0.25) is 9.59 Å². The highest BCUT2D eigenvalue weighted by Gasteiger charge is 2.27. The second kappa shape index (κ2) is 8.25. The van der Waals surface area contributed by atoms with Crippen LogP contribution in [-0.4, -0.2) is 49.0 Å². The summed E-state index contributed by atoms with van der Waals surface area (Å²) in [5.74, 6) is 0.305. The van der Waals surface area contributed by atoms with Gasteiger partial charge in [0.15, 0.2) is 0 Å². The van der Waals surface area contributed by atoms with Crippen LogP contribution in [0.25, 0.3) is 0 Å². The van der Waals surface area contributed by atoms with Crippen molar-refractivity contribution in [2.75, 3.05) is 36.4 Å². The van der Waals surface area contributed by atoms with Crippen LogP contribution in [0.15, 0.2) is 36.4 Å². The lowest BCUT2D eigenvalue weighted by Crippen LogP contribution is -2.54. The second-order valence-electron chi connectivity index (χ2n) is 7.49. The van der Waals surface area contributed by atoms with Gasteiger partial charge in [-0.25, -0.2) is 0 Å². The van der Waals surface area contributed by atoms with Crippen LogP contribution in [0.4, 0.5) is 11.4 Å². The maximum absolute atomic E-state index is 12.7. The molecule has 2 aromatic rings. The lowest BCUT2D eigenvalue weighted by Gasteiger charge is -2.41. The number of halogens is 1. The third-order valence-corrected chi connectivity index (χ3v) is 5.78. The van der Waals surface area contributed by atoms with Crippen LogP contribution in [0, 0.1) is 11.3 Å². The summed E-state index contributed by atoms with van der Waals surface area (Å²) in [6.45, 7) is 4.08. The molecule has 4 rings (SSSR count). The Balaban J connectivity index is 1.34. The summed E-state index contributed by atoms with van der Waals surface area (Å²) in [6, 6.07) is 13.1. The van der Waals surface area contributed by atoms with Crippen LogP contribution >= 0.6 is 11.6 Å². The summed E-state index contributed by atoms with van der Waals surface area (Å²) in [6.07, 6.45) is 0.292. The minimum absolute atomic E-state index is 0.00723. The second-order valence-corrected chi connectivity index (χ2v) is 7.89. The van der Waals surface area contributed by atoms with Crippen molar-refractivity contribution in [1.29, 1.82) is 5.26 Å². The number of esters is 1. The summed E-state index contributed by atoms with van der Waals surface area (Å²) in [7, 11) is 0. The third kappa shape index (κ3) is 4.05. The highest BCUT2D eigenvalue weighted by molar-refractivity contribution is 6.31. The van der Waals surface area contributed by atoms with E-state index < -0.39 is 0 Å². The van der Waals surface area contributed by atoms with Crippen molar-refractivity contribution in [3.8, 4) is 11.8 Å². The Morgan fingerprint density at radius 1 is 1.30 bits per heavy atom. The van der Waals surface area contributed by atoms with E-state index in [0.29, 0.717) is 42.4 Å². The number of benzene rings is 2. The first-order valence-electron chi connectivity index (χ1n) is 9.76. The Bertz CT molecular complexity index is 1050. The monoisotopic (exact) mass is 424 g/mol. The van der Waals surface area contributed by atoms with Crippen molar-refractivity contribution in [2.24, 2.45) is 0 Å². The summed E-state index contributed by atoms with van der Waals surface area (Å²) < 4.78 is 5.15. The van der Waals surface area contributed by atoms with E-state index in [1.54, 1.807) is 18.2 Å². The molecule has 1 fully saturated rings. The summed E-state index contributed by atoms with van der Waals surface area (Å²) >= 11 is 6.03. The largest absolute Gasteiger partial charge is 0.426 e. The molecule has 0 saturated carbocycles. The molecule has 2 heterocycles. The van der Waals surface area contributed by atoms with Gasteiger partial charge in [-0.2, -0.15) is 5.26 Å². The van der Waals surface area contributed by atoms with Crippen LogP contribution in [0.2, 0.25) is 5.02 Å². The van der Waals surface area contributed by atoms with E-state index >= 15 is 0 Å². The first-order valence-corrected chi connectivity index (χ1v) is 10.1. The Kier molecular flexibility index (Phi) is 5.51. The number of hydrogen-bond donors (Lipinski definition) is 1. The van der Waals surface area contributed by atoms with E-state index in [2.05, 4.69) is 23.2 Å². The number of nitrogens with one attached hydrogen (secondary N) is 1. The molecule has 2 aliphatic rings. The number of ether oxygens (including phenoxy) is 1. The molecule has 1 atom stereocenters. The van der Waals surface area contributed by atoms with Gasteiger partial charge < -0.3 is 19.9 Å². The molecule has 30 heavy (non-hydrogen) atoms. The number of nitriles is 1. The quantitative estimate of drug-likeness (QED) is 0.600. The molecule has 2 aliphatic heterocycles. The number of nitrogens with zero attached hydrogens (tertiary/aromatic N) is 3. The van der Waals surface area contributed by atoms with Crippen LogP contribution in [0.3, 0.4) is 0 Å².